The zero-order chi connectivity index (χ0) is 18.0. The van der Waals surface area contributed by atoms with Crippen LogP contribution in [0, 0.1) is 5.41 Å². The van der Waals surface area contributed by atoms with Crippen LogP contribution < -0.4 is 14.4 Å². The number of anilines is 1. The maximum absolute atomic E-state index is 13.1. The molecule has 0 radical (unpaired) electrons. The SMILES string of the molecule is COc1cc(OC)cc(N2CCC(C)(C(=O)c3ccccc3)C2=O)c1. The molecule has 1 saturated heterocycles. The van der Waals surface area contributed by atoms with Gasteiger partial charge in [-0.25, -0.2) is 0 Å². The summed E-state index contributed by atoms with van der Waals surface area (Å²) in [4.78, 5) is 27.6. The highest BCUT2D eigenvalue weighted by Crippen LogP contribution is 2.39. The fourth-order valence-corrected chi connectivity index (χ4v) is 3.16. The number of rotatable bonds is 5. The van der Waals surface area contributed by atoms with E-state index in [2.05, 4.69) is 0 Å². The number of Topliss-reactive ketones (excluding diaryl/α,β-unsaturated/α-hetero) is 1. The van der Waals surface area contributed by atoms with Crippen molar-refractivity contribution >= 4 is 17.4 Å². The molecule has 1 fully saturated rings. The van der Waals surface area contributed by atoms with Crippen LogP contribution in [0.5, 0.6) is 11.5 Å². The van der Waals surface area contributed by atoms with Gasteiger partial charge in [0.15, 0.2) is 5.78 Å². The molecule has 25 heavy (non-hydrogen) atoms. The largest absolute Gasteiger partial charge is 0.497 e. The molecule has 3 rings (SSSR count). The van der Waals surface area contributed by atoms with Gasteiger partial charge in [-0.1, -0.05) is 30.3 Å². The Morgan fingerprint density at radius 1 is 1.04 bits per heavy atom. The summed E-state index contributed by atoms with van der Waals surface area (Å²) in [5, 5.41) is 0. The average Bonchev–Trinajstić information content (AvgIpc) is 2.97. The third kappa shape index (κ3) is 2.97. The Balaban J connectivity index is 1.93. The zero-order valence-corrected chi connectivity index (χ0v) is 14.6. The average molecular weight is 339 g/mol. The molecule has 1 amide bonds. The Kier molecular flexibility index (Phi) is 4.49. The molecule has 2 aromatic carbocycles. The molecule has 1 unspecified atom stereocenters. The predicted molar refractivity (Wildman–Crippen MR) is 95.4 cm³/mol. The van der Waals surface area contributed by atoms with Crippen LogP contribution >= 0.6 is 0 Å². The Bertz CT molecular complexity index is 780. The first-order valence-electron chi connectivity index (χ1n) is 8.14. The molecule has 1 heterocycles. The number of benzene rings is 2. The third-order valence-electron chi connectivity index (χ3n) is 4.74. The van der Waals surface area contributed by atoms with Crippen LogP contribution in [-0.2, 0) is 4.79 Å². The van der Waals surface area contributed by atoms with E-state index in [4.69, 9.17) is 9.47 Å². The number of nitrogens with zero attached hydrogens (tertiary/aromatic N) is 1. The van der Waals surface area contributed by atoms with Crippen LogP contribution in [0.15, 0.2) is 48.5 Å². The minimum Gasteiger partial charge on any atom is -0.497 e. The maximum Gasteiger partial charge on any atom is 0.240 e. The van der Waals surface area contributed by atoms with Crippen LogP contribution in [0.2, 0.25) is 0 Å². The minimum absolute atomic E-state index is 0.143. The predicted octanol–water partition coefficient (Wildman–Crippen LogP) is 3.33. The molecule has 1 aliphatic rings. The van der Waals surface area contributed by atoms with Gasteiger partial charge in [-0.3, -0.25) is 9.59 Å². The summed E-state index contributed by atoms with van der Waals surface area (Å²) >= 11 is 0. The molecule has 0 saturated carbocycles. The number of hydrogen-bond donors (Lipinski definition) is 0. The summed E-state index contributed by atoms with van der Waals surface area (Å²) < 4.78 is 10.6. The van der Waals surface area contributed by atoms with E-state index in [0.717, 1.165) is 0 Å². The molecule has 0 aliphatic carbocycles. The summed E-state index contributed by atoms with van der Waals surface area (Å²) in [6.07, 6.45) is 0.471. The second-order valence-corrected chi connectivity index (χ2v) is 6.30. The Hall–Kier alpha value is -2.82. The quantitative estimate of drug-likeness (QED) is 0.619. The third-order valence-corrected chi connectivity index (χ3v) is 4.74. The van der Waals surface area contributed by atoms with Crippen LogP contribution in [-0.4, -0.2) is 32.5 Å². The van der Waals surface area contributed by atoms with Crippen LogP contribution in [0.1, 0.15) is 23.7 Å². The molecule has 0 aromatic heterocycles. The summed E-state index contributed by atoms with van der Waals surface area (Å²) in [6, 6.07) is 14.3. The van der Waals surface area contributed by atoms with Crippen molar-refractivity contribution in [3.05, 3.63) is 54.1 Å². The van der Waals surface area contributed by atoms with Crippen molar-refractivity contribution in [3.8, 4) is 11.5 Å². The van der Waals surface area contributed by atoms with Crippen molar-refractivity contribution in [3.63, 3.8) is 0 Å². The monoisotopic (exact) mass is 339 g/mol. The summed E-state index contributed by atoms with van der Waals surface area (Å²) in [7, 11) is 3.13. The second-order valence-electron chi connectivity index (χ2n) is 6.30. The summed E-state index contributed by atoms with van der Waals surface area (Å²) in [6.45, 7) is 2.20. The van der Waals surface area contributed by atoms with Crippen LogP contribution in [0.4, 0.5) is 5.69 Å². The number of ether oxygens (including phenoxy) is 2. The molecule has 0 N–H and O–H groups in total. The smallest absolute Gasteiger partial charge is 0.240 e. The number of methoxy groups -OCH3 is 2. The van der Waals surface area contributed by atoms with Crippen molar-refractivity contribution in [2.45, 2.75) is 13.3 Å². The van der Waals surface area contributed by atoms with Gasteiger partial charge in [-0.2, -0.15) is 0 Å². The van der Waals surface area contributed by atoms with E-state index in [1.807, 2.05) is 6.07 Å². The molecule has 0 bridgehead atoms. The topological polar surface area (TPSA) is 55.8 Å². The van der Waals surface area contributed by atoms with Gasteiger partial charge in [0, 0.05) is 30.3 Å². The number of hydrogen-bond acceptors (Lipinski definition) is 4. The van der Waals surface area contributed by atoms with E-state index in [0.29, 0.717) is 35.7 Å². The second kappa shape index (κ2) is 6.59. The van der Waals surface area contributed by atoms with E-state index in [1.165, 1.54) is 0 Å². The lowest BCUT2D eigenvalue weighted by atomic mass is 9.81. The molecular formula is C20H21NO4. The number of amides is 1. The van der Waals surface area contributed by atoms with Crippen molar-refractivity contribution in [2.75, 3.05) is 25.7 Å². The highest BCUT2D eigenvalue weighted by Gasteiger charge is 2.49. The fourth-order valence-electron chi connectivity index (χ4n) is 3.16. The summed E-state index contributed by atoms with van der Waals surface area (Å²) in [5.74, 6) is 0.863. The lowest BCUT2D eigenvalue weighted by molar-refractivity contribution is -0.122. The molecule has 0 spiro atoms. The van der Waals surface area contributed by atoms with Crippen molar-refractivity contribution in [1.29, 1.82) is 0 Å². The molecule has 2 aromatic rings. The van der Waals surface area contributed by atoms with E-state index >= 15 is 0 Å². The Morgan fingerprint density at radius 3 is 2.20 bits per heavy atom. The van der Waals surface area contributed by atoms with Gasteiger partial charge < -0.3 is 14.4 Å². The number of ketones is 1. The Labute approximate surface area is 147 Å². The van der Waals surface area contributed by atoms with Gasteiger partial charge in [-0.05, 0) is 13.3 Å². The van der Waals surface area contributed by atoms with E-state index in [9.17, 15) is 9.59 Å². The van der Waals surface area contributed by atoms with Gasteiger partial charge in [0.05, 0.1) is 19.9 Å². The molecule has 5 heteroatoms. The fraction of sp³-hybridized carbons (Fsp3) is 0.300. The van der Waals surface area contributed by atoms with Gasteiger partial charge in [0.1, 0.15) is 16.9 Å². The highest BCUT2D eigenvalue weighted by atomic mass is 16.5. The molecular weight excluding hydrogens is 318 g/mol. The van der Waals surface area contributed by atoms with Crippen LogP contribution in [0.3, 0.4) is 0 Å². The van der Waals surface area contributed by atoms with Gasteiger partial charge in [-0.15, -0.1) is 0 Å². The molecule has 130 valence electrons. The summed E-state index contributed by atoms with van der Waals surface area (Å²) in [5.41, 5.74) is 0.173. The normalized spacial score (nSPS) is 19.8. The van der Waals surface area contributed by atoms with Crippen molar-refractivity contribution < 1.29 is 19.1 Å². The molecule has 1 atom stereocenters. The highest BCUT2D eigenvalue weighted by molar-refractivity contribution is 6.19. The van der Waals surface area contributed by atoms with E-state index < -0.39 is 5.41 Å². The molecule has 1 aliphatic heterocycles. The zero-order valence-electron chi connectivity index (χ0n) is 14.6. The van der Waals surface area contributed by atoms with E-state index in [1.54, 1.807) is 68.5 Å². The first-order chi connectivity index (χ1) is 12.0. The van der Waals surface area contributed by atoms with Gasteiger partial charge in [0.2, 0.25) is 5.91 Å². The van der Waals surface area contributed by atoms with Gasteiger partial charge in [0.25, 0.3) is 0 Å². The standard InChI is InChI=1S/C20H21NO4/c1-20(18(22)14-7-5-4-6-8-14)9-10-21(19(20)23)15-11-16(24-2)13-17(12-15)25-3/h4-8,11-13H,9-10H2,1-3H3. The lowest BCUT2D eigenvalue weighted by Gasteiger charge is -2.23. The maximum atomic E-state index is 13.1. The van der Waals surface area contributed by atoms with Gasteiger partial charge >= 0.3 is 0 Å². The molecule has 5 nitrogen and oxygen atoms in total. The van der Waals surface area contributed by atoms with E-state index in [-0.39, 0.29) is 11.7 Å². The van der Waals surface area contributed by atoms with Crippen molar-refractivity contribution in [2.24, 2.45) is 5.41 Å². The van der Waals surface area contributed by atoms with Crippen LogP contribution in [0.25, 0.3) is 0 Å². The first kappa shape index (κ1) is 17.0. The minimum atomic E-state index is -1.06. The number of carbonyl (C=O) groups excluding carboxylic acids is 2. The Morgan fingerprint density at radius 2 is 1.64 bits per heavy atom. The number of carbonyl (C=O) groups is 2. The van der Waals surface area contributed by atoms with Crippen molar-refractivity contribution in [1.82, 2.24) is 0 Å². The first-order valence-corrected chi connectivity index (χ1v) is 8.14. The lowest BCUT2D eigenvalue weighted by Crippen LogP contribution is -2.38.